The van der Waals surface area contributed by atoms with Crippen molar-refractivity contribution in [1.82, 2.24) is 0 Å². The van der Waals surface area contributed by atoms with Crippen LogP contribution in [0.2, 0.25) is 0 Å². The van der Waals surface area contributed by atoms with Crippen LogP contribution in [0, 0.1) is 5.92 Å². The Balaban J connectivity index is 2.10. The molecular formula is C8H14OS. The highest BCUT2D eigenvalue weighted by Crippen LogP contribution is 2.36. The number of hydrogen-bond acceptors (Lipinski definition) is 2. The van der Waals surface area contributed by atoms with Gasteiger partial charge in [0, 0.05) is 17.6 Å². The van der Waals surface area contributed by atoms with Crippen molar-refractivity contribution in [2.75, 3.05) is 12.4 Å². The maximum Gasteiger partial charge on any atom is 0.0469 e. The Bertz CT molecular complexity index is 112. The predicted molar refractivity (Wildman–Crippen MR) is 46.3 cm³/mol. The minimum absolute atomic E-state index is 0.370. The molecule has 1 rings (SSSR count). The van der Waals surface area contributed by atoms with Crippen molar-refractivity contribution in [2.45, 2.75) is 18.1 Å². The molecule has 1 fully saturated rings. The molecule has 2 atom stereocenters. The van der Waals surface area contributed by atoms with E-state index in [0.717, 1.165) is 5.75 Å². The van der Waals surface area contributed by atoms with E-state index in [2.05, 4.69) is 6.58 Å². The quantitative estimate of drug-likeness (QED) is 0.628. The Hall–Kier alpha value is 0.0500. The molecule has 0 aromatic heterocycles. The van der Waals surface area contributed by atoms with Gasteiger partial charge in [-0.15, -0.1) is 6.58 Å². The van der Waals surface area contributed by atoms with Gasteiger partial charge in [-0.25, -0.2) is 0 Å². The van der Waals surface area contributed by atoms with Crippen LogP contribution in [0.1, 0.15) is 12.8 Å². The highest BCUT2D eigenvalue weighted by atomic mass is 32.2. The molecule has 0 radical (unpaired) electrons. The molecule has 0 amide bonds. The summed E-state index contributed by atoms with van der Waals surface area (Å²) < 4.78 is 0. The molecule has 0 saturated heterocycles. The summed E-state index contributed by atoms with van der Waals surface area (Å²) in [4.78, 5) is 0. The van der Waals surface area contributed by atoms with Gasteiger partial charge in [-0.2, -0.15) is 11.8 Å². The van der Waals surface area contributed by atoms with E-state index in [-0.39, 0.29) is 0 Å². The van der Waals surface area contributed by atoms with Crippen LogP contribution in [0.25, 0.3) is 0 Å². The Labute approximate surface area is 66.5 Å². The highest BCUT2D eigenvalue weighted by Gasteiger charge is 2.29. The maximum absolute atomic E-state index is 8.82. The molecule has 2 heteroatoms. The molecule has 0 heterocycles. The molecule has 58 valence electrons. The second kappa shape index (κ2) is 4.04. The Morgan fingerprint density at radius 3 is 2.80 bits per heavy atom. The standard InChI is InChI=1S/C8H14OS/c1-2-5-10-8-4-3-7(8)6-9/h2,7-9H,1,3-6H2/t7-,8+/m0/s1. The molecule has 0 spiro atoms. The van der Waals surface area contributed by atoms with Gasteiger partial charge < -0.3 is 5.11 Å². The summed E-state index contributed by atoms with van der Waals surface area (Å²) in [6.45, 7) is 4.03. The van der Waals surface area contributed by atoms with Crippen molar-refractivity contribution in [3.8, 4) is 0 Å². The second-order valence-electron chi connectivity index (χ2n) is 2.68. The fraction of sp³-hybridized carbons (Fsp3) is 0.750. The van der Waals surface area contributed by atoms with Crippen molar-refractivity contribution in [2.24, 2.45) is 5.92 Å². The molecule has 0 unspecified atom stereocenters. The van der Waals surface area contributed by atoms with Gasteiger partial charge in [0.15, 0.2) is 0 Å². The van der Waals surface area contributed by atoms with Gasteiger partial charge in [0.1, 0.15) is 0 Å². The molecule has 0 aliphatic heterocycles. The largest absolute Gasteiger partial charge is 0.396 e. The van der Waals surface area contributed by atoms with Crippen LogP contribution in [0.5, 0.6) is 0 Å². The lowest BCUT2D eigenvalue weighted by Crippen LogP contribution is -2.31. The van der Waals surface area contributed by atoms with Gasteiger partial charge in [0.25, 0.3) is 0 Å². The van der Waals surface area contributed by atoms with Crippen LogP contribution >= 0.6 is 11.8 Å². The van der Waals surface area contributed by atoms with Crippen LogP contribution in [0.15, 0.2) is 12.7 Å². The molecule has 1 nitrogen and oxygen atoms in total. The van der Waals surface area contributed by atoms with Crippen molar-refractivity contribution in [3.05, 3.63) is 12.7 Å². The van der Waals surface area contributed by atoms with Crippen LogP contribution < -0.4 is 0 Å². The Kier molecular flexibility index (Phi) is 3.29. The van der Waals surface area contributed by atoms with Crippen LogP contribution in [0.3, 0.4) is 0 Å². The molecule has 1 saturated carbocycles. The normalized spacial score (nSPS) is 31.3. The van der Waals surface area contributed by atoms with E-state index >= 15 is 0 Å². The van der Waals surface area contributed by atoms with E-state index in [4.69, 9.17) is 5.11 Å². The fourth-order valence-electron chi connectivity index (χ4n) is 1.16. The zero-order chi connectivity index (χ0) is 7.40. The van der Waals surface area contributed by atoms with E-state index < -0.39 is 0 Å². The first-order chi connectivity index (χ1) is 4.88. The van der Waals surface area contributed by atoms with Crippen molar-refractivity contribution >= 4 is 11.8 Å². The number of thioether (sulfide) groups is 1. The SMILES string of the molecule is C=CCS[C@@H]1CC[C@H]1CO. The average Bonchev–Trinajstić information content (AvgIpc) is 1.88. The Morgan fingerprint density at radius 2 is 2.40 bits per heavy atom. The highest BCUT2D eigenvalue weighted by molar-refractivity contribution is 8.00. The van der Waals surface area contributed by atoms with Crippen molar-refractivity contribution < 1.29 is 5.11 Å². The van der Waals surface area contributed by atoms with Crippen molar-refractivity contribution in [1.29, 1.82) is 0 Å². The lowest BCUT2D eigenvalue weighted by Gasteiger charge is -2.34. The molecular weight excluding hydrogens is 144 g/mol. The van der Waals surface area contributed by atoms with Gasteiger partial charge in [-0.3, -0.25) is 0 Å². The van der Waals surface area contributed by atoms with E-state index in [9.17, 15) is 0 Å². The lowest BCUT2D eigenvalue weighted by molar-refractivity contribution is 0.170. The van der Waals surface area contributed by atoms with E-state index in [0.29, 0.717) is 17.8 Å². The third kappa shape index (κ3) is 1.77. The zero-order valence-electron chi connectivity index (χ0n) is 6.12. The number of hydrogen-bond donors (Lipinski definition) is 1. The summed E-state index contributed by atoms with van der Waals surface area (Å²) in [5.74, 6) is 1.60. The summed E-state index contributed by atoms with van der Waals surface area (Å²) in [7, 11) is 0. The first-order valence-electron chi connectivity index (χ1n) is 3.72. The molecule has 0 aromatic rings. The molecule has 1 N–H and O–H groups in total. The van der Waals surface area contributed by atoms with Crippen LogP contribution in [-0.2, 0) is 0 Å². The monoisotopic (exact) mass is 158 g/mol. The summed E-state index contributed by atoms with van der Waals surface area (Å²) in [5, 5.41) is 9.53. The molecule has 0 aromatic carbocycles. The number of rotatable bonds is 4. The van der Waals surface area contributed by atoms with Gasteiger partial charge in [-0.05, 0) is 18.8 Å². The maximum atomic E-state index is 8.82. The first-order valence-corrected chi connectivity index (χ1v) is 4.76. The van der Waals surface area contributed by atoms with Crippen molar-refractivity contribution in [3.63, 3.8) is 0 Å². The van der Waals surface area contributed by atoms with Gasteiger partial charge in [0.2, 0.25) is 0 Å². The topological polar surface area (TPSA) is 20.2 Å². The summed E-state index contributed by atoms with van der Waals surface area (Å²) >= 11 is 1.92. The van der Waals surface area contributed by atoms with Crippen LogP contribution in [0.4, 0.5) is 0 Å². The van der Waals surface area contributed by atoms with Gasteiger partial charge in [-0.1, -0.05) is 6.08 Å². The van der Waals surface area contributed by atoms with Gasteiger partial charge >= 0.3 is 0 Å². The summed E-state index contributed by atoms with van der Waals surface area (Å²) in [6.07, 6.45) is 4.42. The minimum Gasteiger partial charge on any atom is -0.396 e. The first kappa shape index (κ1) is 8.15. The molecule has 0 bridgehead atoms. The lowest BCUT2D eigenvalue weighted by atomic mass is 9.85. The third-order valence-electron chi connectivity index (χ3n) is 2.01. The van der Waals surface area contributed by atoms with E-state index in [1.165, 1.54) is 12.8 Å². The minimum atomic E-state index is 0.370. The zero-order valence-corrected chi connectivity index (χ0v) is 6.94. The smallest absolute Gasteiger partial charge is 0.0469 e. The summed E-state index contributed by atoms with van der Waals surface area (Å²) in [6, 6.07) is 0. The van der Waals surface area contributed by atoms with Crippen LogP contribution in [-0.4, -0.2) is 22.7 Å². The third-order valence-corrected chi connectivity index (χ3v) is 3.49. The van der Waals surface area contributed by atoms with Gasteiger partial charge in [0.05, 0.1) is 0 Å². The second-order valence-corrected chi connectivity index (χ2v) is 3.95. The fourth-order valence-corrected chi connectivity index (χ4v) is 2.34. The predicted octanol–water partition coefficient (Wildman–Crippen LogP) is 1.68. The Morgan fingerprint density at radius 1 is 1.60 bits per heavy atom. The van der Waals surface area contributed by atoms with E-state index in [1.54, 1.807) is 0 Å². The molecule has 1 aliphatic rings. The molecule has 10 heavy (non-hydrogen) atoms. The number of aliphatic hydroxyl groups excluding tert-OH is 1. The average molecular weight is 158 g/mol. The summed E-state index contributed by atoms with van der Waals surface area (Å²) in [5.41, 5.74) is 0. The van der Waals surface area contributed by atoms with E-state index in [1.807, 2.05) is 17.8 Å². The number of aliphatic hydroxyl groups is 1. The molecule has 1 aliphatic carbocycles.